The molecule has 0 unspecified atom stereocenters. The molecule has 0 fully saturated rings. The Morgan fingerprint density at radius 2 is 1.76 bits per heavy atom. The first kappa shape index (κ1) is 15.6. The summed E-state index contributed by atoms with van der Waals surface area (Å²) in [4.78, 5) is 11.8. The molecule has 2 aromatic carbocycles. The number of hydrogen-bond acceptors (Lipinski definition) is 2. The fraction of sp³-hybridized carbons (Fsp3) is 0.278. The van der Waals surface area contributed by atoms with Crippen LogP contribution in [-0.2, 0) is 10.5 Å². The number of anilines is 1. The fourth-order valence-corrected chi connectivity index (χ4v) is 2.88. The van der Waals surface area contributed by atoms with Crippen molar-refractivity contribution in [2.75, 3.05) is 11.1 Å². The van der Waals surface area contributed by atoms with Crippen molar-refractivity contribution in [3.8, 4) is 0 Å². The van der Waals surface area contributed by atoms with Gasteiger partial charge >= 0.3 is 0 Å². The molecule has 0 saturated heterocycles. The molecule has 0 aliphatic heterocycles. The van der Waals surface area contributed by atoms with Crippen molar-refractivity contribution in [2.24, 2.45) is 0 Å². The third-order valence-corrected chi connectivity index (χ3v) is 4.25. The van der Waals surface area contributed by atoms with E-state index in [2.05, 4.69) is 29.6 Å². The molecule has 21 heavy (non-hydrogen) atoms. The minimum Gasteiger partial charge on any atom is -0.326 e. The van der Waals surface area contributed by atoms with Crippen LogP contribution >= 0.6 is 11.8 Å². The standard InChI is InChI=1S/C18H21NOS/c1-15-9-11-17(12-10-15)19-18(20)8-5-13-21-14-16-6-3-2-4-7-16/h2-4,6-7,9-12H,5,8,13-14H2,1H3,(H,19,20). The summed E-state index contributed by atoms with van der Waals surface area (Å²) in [6, 6.07) is 18.3. The van der Waals surface area contributed by atoms with Crippen molar-refractivity contribution in [1.29, 1.82) is 0 Å². The smallest absolute Gasteiger partial charge is 0.224 e. The average molecular weight is 299 g/mol. The van der Waals surface area contributed by atoms with E-state index in [4.69, 9.17) is 0 Å². The predicted molar refractivity (Wildman–Crippen MR) is 91.6 cm³/mol. The third-order valence-electron chi connectivity index (χ3n) is 3.14. The lowest BCUT2D eigenvalue weighted by molar-refractivity contribution is -0.116. The van der Waals surface area contributed by atoms with Crippen molar-refractivity contribution in [3.05, 3.63) is 65.7 Å². The van der Waals surface area contributed by atoms with Gasteiger partial charge in [-0.2, -0.15) is 11.8 Å². The number of carbonyl (C=O) groups is 1. The van der Waals surface area contributed by atoms with Crippen LogP contribution in [0.15, 0.2) is 54.6 Å². The second-order valence-electron chi connectivity index (χ2n) is 5.06. The molecular formula is C18H21NOS. The highest BCUT2D eigenvalue weighted by atomic mass is 32.2. The average Bonchev–Trinajstić information content (AvgIpc) is 2.50. The molecule has 0 saturated carbocycles. The molecule has 0 aliphatic carbocycles. The molecule has 0 atom stereocenters. The van der Waals surface area contributed by atoms with Crippen LogP contribution in [0.3, 0.4) is 0 Å². The zero-order chi connectivity index (χ0) is 14.9. The van der Waals surface area contributed by atoms with Gasteiger partial charge in [-0.3, -0.25) is 4.79 Å². The number of thioether (sulfide) groups is 1. The number of rotatable bonds is 7. The van der Waals surface area contributed by atoms with E-state index in [0.29, 0.717) is 6.42 Å². The number of aryl methyl sites for hydroxylation is 1. The SMILES string of the molecule is Cc1ccc(NC(=O)CCCSCc2ccccc2)cc1. The van der Waals surface area contributed by atoms with E-state index in [0.717, 1.165) is 23.6 Å². The Hall–Kier alpha value is -1.74. The van der Waals surface area contributed by atoms with Gasteiger partial charge in [-0.25, -0.2) is 0 Å². The number of hydrogen-bond donors (Lipinski definition) is 1. The Labute approximate surface area is 131 Å². The monoisotopic (exact) mass is 299 g/mol. The summed E-state index contributed by atoms with van der Waals surface area (Å²) in [6.45, 7) is 2.04. The Morgan fingerprint density at radius 3 is 2.48 bits per heavy atom. The van der Waals surface area contributed by atoms with Gasteiger partial charge in [0.15, 0.2) is 0 Å². The zero-order valence-electron chi connectivity index (χ0n) is 12.3. The number of carbonyl (C=O) groups excluding carboxylic acids is 1. The molecule has 0 aromatic heterocycles. The molecule has 1 amide bonds. The van der Waals surface area contributed by atoms with Gasteiger partial charge in [-0.05, 0) is 36.8 Å². The zero-order valence-corrected chi connectivity index (χ0v) is 13.2. The molecule has 2 nitrogen and oxygen atoms in total. The Bertz CT molecular complexity index is 551. The molecular weight excluding hydrogens is 278 g/mol. The maximum absolute atomic E-state index is 11.8. The van der Waals surface area contributed by atoms with Crippen LogP contribution in [0.25, 0.3) is 0 Å². The molecule has 0 spiro atoms. The molecule has 3 heteroatoms. The van der Waals surface area contributed by atoms with E-state index in [1.807, 2.05) is 49.0 Å². The molecule has 0 aliphatic rings. The second kappa shape index (κ2) is 8.53. The van der Waals surface area contributed by atoms with E-state index < -0.39 is 0 Å². The summed E-state index contributed by atoms with van der Waals surface area (Å²) in [5.41, 5.74) is 3.42. The van der Waals surface area contributed by atoms with Crippen LogP contribution in [0.5, 0.6) is 0 Å². The minimum absolute atomic E-state index is 0.0964. The van der Waals surface area contributed by atoms with Crippen LogP contribution in [0, 0.1) is 6.92 Å². The van der Waals surface area contributed by atoms with Crippen LogP contribution in [0.1, 0.15) is 24.0 Å². The van der Waals surface area contributed by atoms with Crippen molar-refractivity contribution in [1.82, 2.24) is 0 Å². The van der Waals surface area contributed by atoms with Crippen molar-refractivity contribution in [2.45, 2.75) is 25.5 Å². The first-order valence-electron chi connectivity index (χ1n) is 7.22. The van der Waals surface area contributed by atoms with E-state index >= 15 is 0 Å². The van der Waals surface area contributed by atoms with E-state index in [9.17, 15) is 4.79 Å². The van der Waals surface area contributed by atoms with Crippen molar-refractivity contribution in [3.63, 3.8) is 0 Å². The summed E-state index contributed by atoms with van der Waals surface area (Å²) in [5, 5.41) is 2.93. The van der Waals surface area contributed by atoms with Gasteiger partial charge in [-0.15, -0.1) is 0 Å². The van der Waals surface area contributed by atoms with Crippen LogP contribution in [-0.4, -0.2) is 11.7 Å². The summed E-state index contributed by atoms with van der Waals surface area (Å²) >= 11 is 1.88. The highest BCUT2D eigenvalue weighted by Crippen LogP contribution is 2.14. The lowest BCUT2D eigenvalue weighted by Gasteiger charge is -2.05. The van der Waals surface area contributed by atoms with Crippen LogP contribution < -0.4 is 5.32 Å². The molecule has 0 bridgehead atoms. The number of nitrogens with one attached hydrogen (secondary N) is 1. The highest BCUT2D eigenvalue weighted by molar-refractivity contribution is 7.98. The fourth-order valence-electron chi connectivity index (χ4n) is 1.96. The Morgan fingerprint density at radius 1 is 1.05 bits per heavy atom. The van der Waals surface area contributed by atoms with Gasteiger partial charge in [0.2, 0.25) is 5.91 Å². The maximum atomic E-state index is 11.8. The van der Waals surface area contributed by atoms with Crippen molar-refractivity contribution >= 4 is 23.4 Å². The first-order chi connectivity index (χ1) is 10.2. The largest absolute Gasteiger partial charge is 0.326 e. The summed E-state index contributed by atoms with van der Waals surface area (Å²) in [5.74, 6) is 2.12. The normalized spacial score (nSPS) is 10.3. The van der Waals surface area contributed by atoms with Crippen LogP contribution in [0.2, 0.25) is 0 Å². The van der Waals surface area contributed by atoms with Gasteiger partial charge in [0.05, 0.1) is 0 Å². The van der Waals surface area contributed by atoms with Crippen molar-refractivity contribution < 1.29 is 4.79 Å². The Kier molecular flexibility index (Phi) is 6.35. The first-order valence-corrected chi connectivity index (χ1v) is 8.38. The maximum Gasteiger partial charge on any atom is 0.224 e. The molecule has 0 heterocycles. The van der Waals surface area contributed by atoms with E-state index in [1.165, 1.54) is 11.1 Å². The van der Waals surface area contributed by atoms with E-state index in [-0.39, 0.29) is 5.91 Å². The molecule has 2 aromatic rings. The number of benzene rings is 2. The van der Waals surface area contributed by atoms with Gasteiger partial charge < -0.3 is 5.32 Å². The summed E-state index contributed by atoms with van der Waals surface area (Å²) < 4.78 is 0. The van der Waals surface area contributed by atoms with Crippen LogP contribution in [0.4, 0.5) is 5.69 Å². The number of amides is 1. The van der Waals surface area contributed by atoms with E-state index in [1.54, 1.807) is 0 Å². The Balaban J connectivity index is 1.60. The van der Waals surface area contributed by atoms with Gasteiger partial charge in [0.25, 0.3) is 0 Å². The molecule has 1 N–H and O–H groups in total. The molecule has 110 valence electrons. The molecule has 2 rings (SSSR count). The highest BCUT2D eigenvalue weighted by Gasteiger charge is 2.02. The lowest BCUT2D eigenvalue weighted by Crippen LogP contribution is -2.11. The lowest BCUT2D eigenvalue weighted by atomic mass is 10.2. The van der Waals surface area contributed by atoms with Gasteiger partial charge in [0.1, 0.15) is 0 Å². The summed E-state index contributed by atoms with van der Waals surface area (Å²) in [7, 11) is 0. The minimum atomic E-state index is 0.0964. The van der Waals surface area contributed by atoms with Gasteiger partial charge in [0, 0.05) is 17.9 Å². The predicted octanol–water partition coefficient (Wildman–Crippen LogP) is 4.65. The summed E-state index contributed by atoms with van der Waals surface area (Å²) in [6.07, 6.45) is 1.49. The van der Waals surface area contributed by atoms with Gasteiger partial charge in [-0.1, -0.05) is 48.0 Å². The quantitative estimate of drug-likeness (QED) is 0.754. The second-order valence-corrected chi connectivity index (χ2v) is 6.16. The molecule has 0 radical (unpaired) electrons. The topological polar surface area (TPSA) is 29.1 Å². The third kappa shape index (κ3) is 6.05.